The molecule has 0 amide bonds. The summed E-state index contributed by atoms with van der Waals surface area (Å²) in [6.45, 7) is -1.38. The topological polar surface area (TPSA) is 151 Å². The Hall–Kier alpha value is -0.320. The molecule has 0 aromatic rings. The lowest BCUT2D eigenvalue weighted by Crippen LogP contribution is -2.63. The highest BCUT2D eigenvalue weighted by Gasteiger charge is 2.47. The fourth-order valence-corrected chi connectivity index (χ4v) is 1.74. The third-order valence-electron chi connectivity index (χ3n) is 2.85. The summed E-state index contributed by atoms with van der Waals surface area (Å²) in [5.41, 5.74) is 0. The predicted octanol–water partition coefficient (Wildman–Crippen LogP) is -4.46. The molecule has 0 bridgehead atoms. The fourth-order valence-electron chi connectivity index (χ4n) is 1.74. The fraction of sp³-hybridized carbons (Fsp3) is 1.00. The molecular formula is C9H18O8. The zero-order valence-electron chi connectivity index (χ0n) is 8.99. The summed E-state index contributed by atoms with van der Waals surface area (Å²) < 4.78 is 4.98. The number of hydrogen-bond donors (Lipinski definition) is 7. The Balaban J connectivity index is 2.78. The van der Waals surface area contributed by atoms with E-state index < -0.39 is 55.9 Å². The molecule has 1 fully saturated rings. The molecule has 1 rings (SSSR count). The molecule has 0 saturated carbocycles. The van der Waals surface area contributed by atoms with Crippen LogP contribution in [-0.2, 0) is 4.74 Å². The molecule has 17 heavy (non-hydrogen) atoms. The summed E-state index contributed by atoms with van der Waals surface area (Å²) in [5.74, 6) is 0. The van der Waals surface area contributed by atoms with Gasteiger partial charge in [0.15, 0.2) is 0 Å². The molecule has 0 aliphatic carbocycles. The van der Waals surface area contributed by atoms with E-state index in [4.69, 9.17) is 14.9 Å². The summed E-state index contributed by atoms with van der Waals surface area (Å²) in [4.78, 5) is 0. The van der Waals surface area contributed by atoms with Crippen molar-refractivity contribution in [2.45, 2.75) is 42.7 Å². The van der Waals surface area contributed by atoms with Crippen molar-refractivity contribution in [2.24, 2.45) is 0 Å². The van der Waals surface area contributed by atoms with Crippen LogP contribution in [0.2, 0.25) is 0 Å². The average molecular weight is 254 g/mol. The highest BCUT2D eigenvalue weighted by molar-refractivity contribution is 4.96. The molecule has 8 heteroatoms. The van der Waals surface area contributed by atoms with E-state index in [0.29, 0.717) is 0 Å². The van der Waals surface area contributed by atoms with Crippen LogP contribution in [-0.4, -0.2) is 91.7 Å². The lowest BCUT2D eigenvalue weighted by Gasteiger charge is -2.42. The van der Waals surface area contributed by atoms with Crippen LogP contribution in [0.15, 0.2) is 0 Å². The smallest absolute Gasteiger partial charge is 0.115 e. The van der Waals surface area contributed by atoms with Crippen LogP contribution in [0, 0.1) is 0 Å². The van der Waals surface area contributed by atoms with Crippen molar-refractivity contribution >= 4 is 0 Å². The second-order valence-corrected chi connectivity index (χ2v) is 4.03. The molecule has 1 heterocycles. The molecule has 0 aromatic heterocycles. The molecule has 7 atom stereocenters. The first-order valence-corrected chi connectivity index (χ1v) is 5.21. The molecule has 0 aromatic carbocycles. The molecule has 1 aliphatic heterocycles. The molecule has 1 aliphatic rings. The van der Waals surface area contributed by atoms with Crippen LogP contribution in [0.25, 0.3) is 0 Å². The van der Waals surface area contributed by atoms with Crippen LogP contribution in [0.4, 0.5) is 0 Å². The maximum atomic E-state index is 9.57. The molecule has 1 saturated heterocycles. The maximum Gasteiger partial charge on any atom is 0.115 e. The van der Waals surface area contributed by atoms with Gasteiger partial charge in [0.25, 0.3) is 0 Å². The zero-order chi connectivity index (χ0) is 13.2. The van der Waals surface area contributed by atoms with Gasteiger partial charge in [0.1, 0.15) is 42.7 Å². The van der Waals surface area contributed by atoms with Crippen molar-refractivity contribution in [1.82, 2.24) is 0 Å². The maximum absolute atomic E-state index is 9.57. The molecule has 8 nitrogen and oxygen atoms in total. The third-order valence-corrected chi connectivity index (χ3v) is 2.85. The largest absolute Gasteiger partial charge is 0.394 e. The van der Waals surface area contributed by atoms with Crippen LogP contribution >= 0.6 is 0 Å². The van der Waals surface area contributed by atoms with E-state index in [-0.39, 0.29) is 0 Å². The summed E-state index contributed by atoms with van der Waals surface area (Å²) in [5, 5.41) is 64.8. The van der Waals surface area contributed by atoms with Gasteiger partial charge >= 0.3 is 0 Å². The first-order valence-electron chi connectivity index (χ1n) is 5.21. The van der Waals surface area contributed by atoms with E-state index in [0.717, 1.165) is 0 Å². The van der Waals surface area contributed by atoms with Crippen LogP contribution < -0.4 is 0 Å². The standard InChI is InChI=1S/C9H18O8/c10-1-3(12)5(13)9-8(16)7(15)6(14)4(2-11)17-9/h3-16H,1-2H2/t3?,4-,5?,6-,7+,8+,9+/m1/s1. The molecule has 2 unspecified atom stereocenters. The molecule has 102 valence electrons. The number of rotatable bonds is 4. The lowest BCUT2D eigenvalue weighted by molar-refractivity contribution is -0.258. The van der Waals surface area contributed by atoms with Crippen molar-refractivity contribution < 1.29 is 40.5 Å². The van der Waals surface area contributed by atoms with Gasteiger partial charge in [0, 0.05) is 0 Å². The van der Waals surface area contributed by atoms with Crippen molar-refractivity contribution in [2.75, 3.05) is 13.2 Å². The van der Waals surface area contributed by atoms with Crippen LogP contribution in [0.3, 0.4) is 0 Å². The summed E-state index contributed by atoms with van der Waals surface area (Å²) in [6.07, 6.45) is -10.5. The number of aliphatic hydroxyl groups excluding tert-OH is 7. The van der Waals surface area contributed by atoms with E-state index in [1.54, 1.807) is 0 Å². The average Bonchev–Trinajstić information content (AvgIpc) is 2.34. The normalized spacial score (nSPS) is 42.2. The molecular weight excluding hydrogens is 236 g/mol. The van der Waals surface area contributed by atoms with Crippen molar-refractivity contribution in [3.63, 3.8) is 0 Å². The summed E-state index contributed by atoms with van der Waals surface area (Å²) >= 11 is 0. The minimum Gasteiger partial charge on any atom is -0.394 e. The molecule has 0 spiro atoms. The second kappa shape index (κ2) is 6.03. The van der Waals surface area contributed by atoms with Crippen molar-refractivity contribution in [3.8, 4) is 0 Å². The Labute approximate surface area is 97.3 Å². The summed E-state index contributed by atoms with van der Waals surface area (Å²) in [6, 6.07) is 0. The van der Waals surface area contributed by atoms with Gasteiger partial charge in [0.05, 0.1) is 13.2 Å². The lowest BCUT2D eigenvalue weighted by atomic mass is 9.91. The number of ether oxygens (including phenoxy) is 1. The first kappa shape index (κ1) is 14.7. The van der Waals surface area contributed by atoms with Gasteiger partial charge in [-0.25, -0.2) is 0 Å². The minimum atomic E-state index is -1.65. The van der Waals surface area contributed by atoms with Crippen LogP contribution in [0.1, 0.15) is 0 Å². The second-order valence-electron chi connectivity index (χ2n) is 4.03. The Bertz CT molecular complexity index is 231. The van der Waals surface area contributed by atoms with Gasteiger partial charge in [0.2, 0.25) is 0 Å². The molecule has 0 radical (unpaired) electrons. The van der Waals surface area contributed by atoms with E-state index in [1.165, 1.54) is 0 Å². The highest BCUT2D eigenvalue weighted by Crippen LogP contribution is 2.24. The quantitative estimate of drug-likeness (QED) is 0.265. The van der Waals surface area contributed by atoms with E-state index in [9.17, 15) is 25.5 Å². The highest BCUT2D eigenvalue weighted by atomic mass is 16.6. The van der Waals surface area contributed by atoms with Gasteiger partial charge in [-0.1, -0.05) is 0 Å². The van der Waals surface area contributed by atoms with Gasteiger partial charge < -0.3 is 40.5 Å². The van der Waals surface area contributed by atoms with Crippen molar-refractivity contribution in [3.05, 3.63) is 0 Å². The van der Waals surface area contributed by atoms with Gasteiger partial charge in [-0.05, 0) is 0 Å². The Kier molecular flexibility index (Phi) is 5.22. The Morgan fingerprint density at radius 3 is 2.00 bits per heavy atom. The van der Waals surface area contributed by atoms with E-state index in [2.05, 4.69) is 0 Å². The van der Waals surface area contributed by atoms with Gasteiger partial charge in [-0.15, -0.1) is 0 Å². The van der Waals surface area contributed by atoms with E-state index >= 15 is 0 Å². The van der Waals surface area contributed by atoms with Gasteiger partial charge in [-0.2, -0.15) is 0 Å². The Morgan fingerprint density at radius 1 is 0.941 bits per heavy atom. The minimum absolute atomic E-state index is 0.622. The molecule has 7 N–H and O–H groups in total. The van der Waals surface area contributed by atoms with Crippen LogP contribution in [0.5, 0.6) is 0 Å². The SMILES string of the molecule is OCC(O)C(O)[C@@H]1O[C@H](CO)[C@@H](O)[C@H](O)[C@@H]1O. The van der Waals surface area contributed by atoms with Crippen molar-refractivity contribution in [1.29, 1.82) is 0 Å². The predicted molar refractivity (Wildman–Crippen MR) is 52.9 cm³/mol. The number of hydrogen-bond acceptors (Lipinski definition) is 8. The van der Waals surface area contributed by atoms with E-state index in [1.807, 2.05) is 0 Å². The monoisotopic (exact) mass is 254 g/mol. The van der Waals surface area contributed by atoms with Gasteiger partial charge in [-0.3, -0.25) is 0 Å². The first-order chi connectivity index (χ1) is 7.93. The third kappa shape index (κ3) is 2.92. The summed E-state index contributed by atoms with van der Waals surface area (Å²) in [7, 11) is 0. The Morgan fingerprint density at radius 2 is 1.53 bits per heavy atom. The zero-order valence-corrected chi connectivity index (χ0v) is 8.99. The number of aliphatic hydroxyl groups is 7.